The third kappa shape index (κ3) is 5.77. The lowest BCUT2D eigenvalue weighted by Gasteiger charge is -2.36. The predicted octanol–water partition coefficient (Wildman–Crippen LogP) is 4.31. The van der Waals surface area contributed by atoms with Crippen molar-refractivity contribution in [2.75, 3.05) is 25.5 Å². The Bertz CT molecular complexity index is 937. The third-order valence-corrected chi connectivity index (χ3v) is 5.89. The second kappa shape index (κ2) is 10.0. The van der Waals surface area contributed by atoms with Gasteiger partial charge in [0.2, 0.25) is 5.91 Å². The first-order chi connectivity index (χ1) is 14.9. The number of nitrogens with zero attached hydrogens (tertiary/aromatic N) is 4. The minimum absolute atomic E-state index is 0. The molecule has 0 spiro atoms. The zero-order chi connectivity index (χ0) is 22.0. The van der Waals surface area contributed by atoms with Gasteiger partial charge in [0.15, 0.2) is 5.82 Å². The number of anilines is 1. The van der Waals surface area contributed by atoms with Gasteiger partial charge in [-0.25, -0.2) is 18.6 Å². The summed E-state index contributed by atoms with van der Waals surface area (Å²) in [5, 5.41) is 2.69. The Morgan fingerprint density at radius 1 is 1.06 bits per heavy atom. The second-order valence-corrected chi connectivity index (χ2v) is 8.25. The summed E-state index contributed by atoms with van der Waals surface area (Å²) in [4.78, 5) is 36.6. The topological polar surface area (TPSA) is 78.4 Å². The summed E-state index contributed by atoms with van der Waals surface area (Å²) < 4.78 is 26.8. The fourth-order valence-electron chi connectivity index (χ4n) is 3.81. The van der Waals surface area contributed by atoms with Crippen LogP contribution in [0, 0.1) is 17.6 Å². The molecule has 4 rings (SSSR count). The molecule has 1 aliphatic heterocycles. The molecule has 0 atom stereocenters. The molecule has 1 saturated heterocycles. The molecule has 172 valence electrons. The predicted molar refractivity (Wildman–Crippen MR) is 118 cm³/mol. The molecule has 3 amide bonds. The van der Waals surface area contributed by atoms with Crippen LogP contribution in [0.1, 0.15) is 39.5 Å². The number of likely N-dealkylation sites (tertiary alicyclic amines) is 1. The molecule has 1 aliphatic carbocycles. The lowest BCUT2D eigenvalue weighted by atomic mass is 10.0. The van der Waals surface area contributed by atoms with Crippen molar-refractivity contribution in [2.45, 2.75) is 45.6 Å². The van der Waals surface area contributed by atoms with Crippen LogP contribution >= 0.6 is 0 Å². The van der Waals surface area contributed by atoms with Crippen LogP contribution in [0.15, 0.2) is 30.6 Å². The molecule has 0 radical (unpaired) electrons. The number of amides is 3. The highest BCUT2D eigenvalue weighted by atomic mass is 19.1. The van der Waals surface area contributed by atoms with Gasteiger partial charge in [-0.2, -0.15) is 0 Å². The maximum absolute atomic E-state index is 13.4. The molecule has 1 N–H and O–H groups in total. The van der Waals surface area contributed by atoms with E-state index in [0.717, 1.165) is 31.7 Å². The van der Waals surface area contributed by atoms with Crippen LogP contribution in [0.25, 0.3) is 11.3 Å². The summed E-state index contributed by atoms with van der Waals surface area (Å²) >= 11 is 0. The van der Waals surface area contributed by atoms with Crippen LogP contribution in [0.4, 0.5) is 19.4 Å². The highest BCUT2D eigenvalue weighted by molar-refractivity contribution is 5.88. The molecule has 7 nitrogen and oxygen atoms in total. The number of hydrogen-bond donors (Lipinski definition) is 1. The van der Waals surface area contributed by atoms with E-state index in [4.69, 9.17) is 0 Å². The van der Waals surface area contributed by atoms with Crippen molar-refractivity contribution >= 4 is 17.8 Å². The van der Waals surface area contributed by atoms with Gasteiger partial charge in [-0.15, -0.1) is 0 Å². The minimum atomic E-state index is -0.698. The van der Waals surface area contributed by atoms with Gasteiger partial charge in [0.1, 0.15) is 11.6 Å². The average Bonchev–Trinajstić information content (AvgIpc) is 3.57. The average molecular weight is 446 g/mol. The summed E-state index contributed by atoms with van der Waals surface area (Å²) in [6, 6.07) is 2.84. The second-order valence-electron chi connectivity index (χ2n) is 8.25. The van der Waals surface area contributed by atoms with Crippen molar-refractivity contribution in [1.82, 2.24) is 19.8 Å². The lowest BCUT2D eigenvalue weighted by Crippen LogP contribution is -2.48. The number of carbonyl (C=O) groups excluding carboxylic acids is 2. The van der Waals surface area contributed by atoms with Crippen LogP contribution in [-0.4, -0.2) is 57.9 Å². The first-order valence-corrected chi connectivity index (χ1v) is 10.5. The van der Waals surface area contributed by atoms with Crippen LogP contribution in [0.5, 0.6) is 0 Å². The largest absolute Gasteiger partial charge is 0.343 e. The van der Waals surface area contributed by atoms with E-state index in [1.54, 1.807) is 11.9 Å². The van der Waals surface area contributed by atoms with E-state index in [2.05, 4.69) is 15.3 Å². The maximum atomic E-state index is 13.4. The number of aromatic nitrogens is 2. The van der Waals surface area contributed by atoms with E-state index < -0.39 is 11.6 Å². The molecule has 9 heteroatoms. The van der Waals surface area contributed by atoms with E-state index >= 15 is 0 Å². The van der Waals surface area contributed by atoms with Gasteiger partial charge >= 0.3 is 6.03 Å². The molecule has 1 aromatic carbocycles. The normalized spacial score (nSPS) is 16.3. The zero-order valence-corrected chi connectivity index (χ0v) is 17.4. The van der Waals surface area contributed by atoms with Gasteiger partial charge in [0, 0.05) is 44.2 Å². The Kier molecular flexibility index (Phi) is 7.37. The summed E-state index contributed by atoms with van der Waals surface area (Å²) in [6.07, 6.45) is 7.14. The van der Waals surface area contributed by atoms with Crippen molar-refractivity contribution in [3.8, 4) is 11.3 Å². The highest BCUT2D eigenvalue weighted by Gasteiger charge is 2.31. The smallest absolute Gasteiger partial charge is 0.323 e. The monoisotopic (exact) mass is 445 g/mol. The summed E-state index contributed by atoms with van der Waals surface area (Å²) in [5.41, 5.74) is 0.566. The number of urea groups is 1. The van der Waals surface area contributed by atoms with Gasteiger partial charge in [0.05, 0.1) is 18.1 Å². The molecule has 2 aromatic rings. The van der Waals surface area contributed by atoms with E-state index in [-0.39, 0.29) is 36.8 Å². The summed E-state index contributed by atoms with van der Waals surface area (Å²) in [5.74, 6) is -0.352. The maximum Gasteiger partial charge on any atom is 0.323 e. The first-order valence-electron chi connectivity index (χ1n) is 10.5. The zero-order valence-electron chi connectivity index (χ0n) is 17.4. The van der Waals surface area contributed by atoms with Gasteiger partial charge in [-0.05, 0) is 43.7 Å². The fraction of sp³-hybridized carbons (Fsp3) is 0.478. The Hall–Kier alpha value is -3.10. The highest BCUT2D eigenvalue weighted by Crippen LogP contribution is 2.33. The molecule has 2 aliphatic rings. The minimum Gasteiger partial charge on any atom is -0.343 e. The van der Waals surface area contributed by atoms with Crippen molar-refractivity contribution in [3.05, 3.63) is 42.2 Å². The van der Waals surface area contributed by atoms with Gasteiger partial charge < -0.3 is 9.80 Å². The Morgan fingerprint density at radius 3 is 2.28 bits per heavy atom. The van der Waals surface area contributed by atoms with E-state index in [1.807, 2.05) is 4.90 Å². The molecule has 0 unspecified atom stereocenters. The molecular formula is C23H29F2N5O2. The molecule has 0 bridgehead atoms. The molecule has 1 saturated carbocycles. The fourth-order valence-corrected chi connectivity index (χ4v) is 3.81. The number of hydrogen-bond acceptors (Lipinski definition) is 4. The van der Waals surface area contributed by atoms with Crippen LogP contribution in [-0.2, 0) is 4.79 Å². The molecule has 1 aromatic heterocycles. The number of piperidine rings is 1. The number of rotatable bonds is 5. The number of halogens is 2. The number of nitrogens with one attached hydrogen (secondary N) is 1. The summed E-state index contributed by atoms with van der Waals surface area (Å²) in [7, 11) is 1.72. The molecule has 2 fully saturated rings. The van der Waals surface area contributed by atoms with E-state index in [1.165, 1.54) is 24.5 Å². The Labute approximate surface area is 186 Å². The summed E-state index contributed by atoms with van der Waals surface area (Å²) in [6.45, 7) is 1.32. The Balaban J connectivity index is 0.00000289. The molecule has 2 heterocycles. The standard InChI is InChI=1S/C22H25F2N5O2.CH4/c1-28(18-4-6-29(7-5-18)21(30)8-14-2-3-14)22(31)27-20-13-25-19(12-26-20)15-9-16(23)11-17(24)10-15;/h9-14,18H,2-8H2,1H3,(H,26,27,31);1H4. The number of benzene rings is 1. The third-order valence-electron chi connectivity index (χ3n) is 5.89. The van der Waals surface area contributed by atoms with E-state index in [0.29, 0.717) is 31.1 Å². The van der Waals surface area contributed by atoms with Gasteiger partial charge in [-0.1, -0.05) is 7.43 Å². The van der Waals surface area contributed by atoms with Crippen molar-refractivity contribution in [1.29, 1.82) is 0 Å². The van der Waals surface area contributed by atoms with Crippen molar-refractivity contribution in [3.63, 3.8) is 0 Å². The van der Waals surface area contributed by atoms with Crippen molar-refractivity contribution < 1.29 is 18.4 Å². The quantitative estimate of drug-likeness (QED) is 0.744. The Morgan fingerprint density at radius 2 is 1.72 bits per heavy atom. The van der Waals surface area contributed by atoms with Gasteiger partial charge in [-0.3, -0.25) is 15.1 Å². The van der Waals surface area contributed by atoms with Crippen LogP contribution in [0.3, 0.4) is 0 Å². The SMILES string of the molecule is C.CN(C(=O)Nc1cnc(-c2cc(F)cc(F)c2)cn1)C1CCN(C(=O)CC2CC2)CC1. The lowest BCUT2D eigenvalue weighted by molar-refractivity contribution is -0.132. The van der Waals surface area contributed by atoms with Crippen LogP contribution < -0.4 is 5.32 Å². The molecular weight excluding hydrogens is 416 g/mol. The first kappa shape index (κ1) is 23.6. The molecule has 32 heavy (non-hydrogen) atoms. The van der Waals surface area contributed by atoms with Crippen molar-refractivity contribution in [2.24, 2.45) is 5.92 Å². The van der Waals surface area contributed by atoms with Gasteiger partial charge in [0.25, 0.3) is 0 Å². The van der Waals surface area contributed by atoms with E-state index in [9.17, 15) is 18.4 Å². The van der Waals surface area contributed by atoms with Crippen LogP contribution in [0.2, 0.25) is 0 Å². The number of carbonyl (C=O) groups is 2.